The molecule has 3 rings (SSSR count). The van der Waals surface area contributed by atoms with Crippen LogP contribution in [-0.2, 0) is 0 Å². The molecule has 0 radical (unpaired) electrons. The predicted octanol–water partition coefficient (Wildman–Crippen LogP) is 3.21. The Hall–Kier alpha value is -2.75. The standard InChI is InChI=1S/C17H15NO3/c1-20-12-8-13-15(19)10-14(11-6-4-3-5-7-11)18-17(13)16(9-12)21-2/h3-10H,1-2H3,(H,18,19). The number of hydrogen-bond acceptors (Lipinski definition) is 3. The van der Waals surface area contributed by atoms with Crippen molar-refractivity contribution in [1.82, 2.24) is 4.98 Å². The van der Waals surface area contributed by atoms with Crippen LogP contribution in [0.2, 0.25) is 0 Å². The SMILES string of the molecule is COc1cc(OC)c2[nH]c(-c3ccccc3)cc(=O)c2c1. The molecule has 0 fully saturated rings. The van der Waals surface area contributed by atoms with Crippen molar-refractivity contribution in [2.24, 2.45) is 0 Å². The quantitative estimate of drug-likeness (QED) is 0.802. The summed E-state index contributed by atoms with van der Waals surface area (Å²) in [4.78, 5) is 15.7. The number of benzene rings is 2. The van der Waals surface area contributed by atoms with Crippen LogP contribution in [0.4, 0.5) is 0 Å². The molecule has 0 saturated carbocycles. The van der Waals surface area contributed by atoms with Gasteiger partial charge in [-0.1, -0.05) is 30.3 Å². The van der Waals surface area contributed by atoms with Crippen molar-refractivity contribution >= 4 is 10.9 Å². The Morgan fingerprint density at radius 1 is 0.952 bits per heavy atom. The third-order valence-corrected chi connectivity index (χ3v) is 3.42. The van der Waals surface area contributed by atoms with Gasteiger partial charge in [-0.25, -0.2) is 0 Å². The second-order valence-corrected chi connectivity index (χ2v) is 4.67. The highest BCUT2D eigenvalue weighted by Crippen LogP contribution is 2.29. The van der Waals surface area contributed by atoms with Gasteiger partial charge in [0, 0.05) is 17.8 Å². The molecule has 0 amide bonds. The fraction of sp³-hybridized carbons (Fsp3) is 0.118. The van der Waals surface area contributed by atoms with Crippen molar-refractivity contribution in [1.29, 1.82) is 0 Å². The summed E-state index contributed by atoms with van der Waals surface area (Å²) < 4.78 is 10.6. The Morgan fingerprint density at radius 3 is 2.38 bits per heavy atom. The van der Waals surface area contributed by atoms with Gasteiger partial charge in [-0.3, -0.25) is 4.79 Å². The fourth-order valence-corrected chi connectivity index (χ4v) is 2.35. The molecule has 106 valence electrons. The molecule has 3 aromatic rings. The average Bonchev–Trinajstić information content (AvgIpc) is 2.54. The molecule has 0 atom stereocenters. The molecule has 0 saturated heterocycles. The first-order chi connectivity index (χ1) is 10.2. The first-order valence-corrected chi connectivity index (χ1v) is 6.57. The van der Waals surface area contributed by atoms with Crippen molar-refractivity contribution < 1.29 is 9.47 Å². The summed E-state index contributed by atoms with van der Waals surface area (Å²) in [5.41, 5.74) is 2.32. The second kappa shape index (κ2) is 5.32. The number of H-pyrrole nitrogens is 1. The van der Waals surface area contributed by atoms with Crippen LogP contribution in [-0.4, -0.2) is 19.2 Å². The number of aromatic nitrogens is 1. The number of ether oxygens (including phenoxy) is 2. The summed E-state index contributed by atoms with van der Waals surface area (Å²) >= 11 is 0. The minimum absolute atomic E-state index is 0.0696. The maximum atomic E-state index is 12.4. The van der Waals surface area contributed by atoms with Crippen LogP contribution in [0.15, 0.2) is 53.3 Å². The molecule has 0 aliphatic rings. The molecule has 0 aliphatic heterocycles. The highest BCUT2D eigenvalue weighted by atomic mass is 16.5. The number of pyridine rings is 1. The van der Waals surface area contributed by atoms with Gasteiger partial charge in [0.25, 0.3) is 0 Å². The normalized spacial score (nSPS) is 10.6. The first-order valence-electron chi connectivity index (χ1n) is 6.57. The van der Waals surface area contributed by atoms with Crippen LogP contribution < -0.4 is 14.9 Å². The third-order valence-electron chi connectivity index (χ3n) is 3.42. The molecule has 4 nitrogen and oxygen atoms in total. The van der Waals surface area contributed by atoms with E-state index in [0.29, 0.717) is 22.4 Å². The minimum atomic E-state index is -0.0696. The molecule has 0 spiro atoms. The maximum Gasteiger partial charge on any atom is 0.190 e. The number of aromatic amines is 1. The molecule has 21 heavy (non-hydrogen) atoms. The van der Waals surface area contributed by atoms with Gasteiger partial charge in [0.1, 0.15) is 11.5 Å². The van der Waals surface area contributed by atoms with Gasteiger partial charge in [0.2, 0.25) is 0 Å². The number of methoxy groups -OCH3 is 2. The number of fused-ring (bicyclic) bond motifs is 1. The summed E-state index contributed by atoms with van der Waals surface area (Å²) in [6, 6.07) is 14.8. The van der Waals surface area contributed by atoms with E-state index in [1.165, 1.54) is 0 Å². The average molecular weight is 281 g/mol. The van der Waals surface area contributed by atoms with Crippen LogP contribution in [0, 0.1) is 0 Å². The smallest absolute Gasteiger partial charge is 0.190 e. The van der Waals surface area contributed by atoms with Gasteiger partial charge in [-0.2, -0.15) is 0 Å². The third kappa shape index (κ3) is 2.36. The van der Waals surface area contributed by atoms with Crippen molar-refractivity contribution in [2.75, 3.05) is 14.2 Å². The zero-order valence-electron chi connectivity index (χ0n) is 11.8. The molecule has 0 aliphatic carbocycles. The van der Waals surface area contributed by atoms with Gasteiger partial charge >= 0.3 is 0 Å². The van der Waals surface area contributed by atoms with E-state index in [4.69, 9.17) is 9.47 Å². The van der Waals surface area contributed by atoms with Crippen LogP contribution >= 0.6 is 0 Å². The molecule has 4 heteroatoms. The van der Waals surface area contributed by atoms with E-state index in [1.54, 1.807) is 32.4 Å². The zero-order chi connectivity index (χ0) is 14.8. The van der Waals surface area contributed by atoms with E-state index in [9.17, 15) is 4.79 Å². The second-order valence-electron chi connectivity index (χ2n) is 4.67. The summed E-state index contributed by atoms with van der Waals surface area (Å²) in [5, 5.41) is 0.547. The lowest BCUT2D eigenvalue weighted by Crippen LogP contribution is -2.04. The Labute approximate surface area is 122 Å². The van der Waals surface area contributed by atoms with E-state index >= 15 is 0 Å². The largest absolute Gasteiger partial charge is 0.497 e. The maximum absolute atomic E-state index is 12.4. The van der Waals surface area contributed by atoms with Crippen LogP contribution in [0.3, 0.4) is 0 Å². The molecule has 1 aromatic heterocycles. The van der Waals surface area contributed by atoms with Gasteiger partial charge in [0.05, 0.1) is 25.1 Å². The highest BCUT2D eigenvalue weighted by Gasteiger charge is 2.10. The van der Waals surface area contributed by atoms with Gasteiger partial charge in [0.15, 0.2) is 5.43 Å². The van der Waals surface area contributed by atoms with Crippen LogP contribution in [0.5, 0.6) is 11.5 Å². The molecule has 1 N–H and O–H groups in total. The molecular formula is C17H15NO3. The first kappa shape index (κ1) is 13.2. The summed E-state index contributed by atoms with van der Waals surface area (Å²) in [6.07, 6.45) is 0. The van der Waals surface area contributed by atoms with Crippen LogP contribution in [0.25, 0.3) is 22.2 Å². The summed E-state index contributed by atoms with van der Waals surface area (Å²) in [6.45, 7) is 0. The van der Waals surface area contributed by atoms with Crippen molar-refractivity contribution in [3.8, 4) is 22.8 Å². The topological polar surface area (TPSA) is 51.3 Å². The van der Waals surface area contributed by atoms with Gasteiger partial charge < -0.3 is 14.5 Å². The fourth-order valence-electron chi connectivity index (χ4n) is 2.35. The van der Waals surface area contributed by atoms with E-state index in [1.807, 2.05) is 30.3 Å². The Balaban J connectivity index is 2.31. The van der Waals surface area contributed by atoms with Crippen LogP contribution in [0.1, 0.15) is 0 Å². The lowest BCUT2D eigenvalue weighted by molar-refractivity contribution is 0.397. The minimum Gasteiger partial charge on any atom is -0.497 e. The molecular weight excluding hydrogens is 266 g/mol. The number of hydrogen-bond donors (Lipinski definition) is 1. The van der Waals surface area contributed by atoms with E-state index < -0.39 is 0 Å². The Kier molecular flexibility index (Phi) is 3.36. The van der Waals surface area contributed by atoms with Gasteiger partial charge in [-0.05, 0) is 11.6 Å². The highest BCUT2D eigenvalue weighted by molar-refractivity contribution is 5.88. The summed E-state index contributed by atoms with van der Waals surface area (Å²) in [7, 11) is 3.13. The summed E-state index contributed by atoms with van der Waals surface area (Å²) in [5.74, 6) is 1.18. The molecule has 1 heterocycles. The molecule has 0 unspecified atom stereocenters. The monoisotopic (exact) mass is 281 g/mol. The molecule has 2 aromatic carbocycles. The van der Waals surface area contributed by atoms with Gasteiger partial charge in [-0.15, -0.1) is 0 Å². The molecule has 0 bridgehead atoms. The predicted molar refractivity (Wildman–Crippen MR) is 83.1 cm³/mol. The Bertz CT molecular complexity index is 838. The Morgan fingerprint density at radius 2 is 1.71 bits per heavy atom. The van der Waals surface area contributed by atoms with E-state index in [2.05, 4.69) is 4.98 Å². The van der Waals surface area contributed by atoms with Crippen molar-refractivity contribution in [2.45, 2.75) is 0 Å². The number of rotatable bonds is 3. The van der Waals surface area contributed by atoms with E-state index in [-0.39, 0.29) is 5.43 Å². The van der Waals surface area contributed by atoms with E-state index in [0.717, 1.165) is 11.3 Å². The van der Waals surface area contributed by atoms with Crippen molar-refractivity contribution in [3.05, 3.63) is 58.8 Å². The lowest BCUT2D eigenvalue weighted by Gasteiger charge is -2.10. The zero-order valence-corrected chi connectivity index (χ0v) is 11.8. The lowest BCUT2D eigenvalue weighted by atomic mass is 10.1. The number of nitrogens with one attached hydrogen (secondary N) is 1. The van der Waals surface area contributed by atoms with Crippen molar-refractivity contribution in [3.63, 3.8) is 0 Å².